The van der Waals surface area contributed by atoms with Crippen molar-refractivity contribution in [3.05, 3.63) is 40.3 Å². The molecule has 2 rings (SSSR count). The SMILES string of the molecule is CCCOc1cc(OCc2cccs2)c(N)cc1F. The summed E-state index contributed by atoms with van der Waals surface area (Å²) < 4.78 is 24.5. The molecule has 1 heterocycles. The molecule has 0 amide bonds. The van der Waals surface area contributed by atoms with Gasteiger partial charge in [-0.05, 0) is 17.9 Å². The number of hydrogen-bond donors (Lipinski definition) is 1. The average molecular weight is 281 g/mol. The molecule has 19 heavy (non-hydrogen) atoms. The molecule has 2 aromatic rings. The molecule has 0 spiro atoms. The number of ether oxygens (including phenoxy) is 2. The fraction of sp³-hybridized carbons (Fsp3) is 0.286. The molecule has 0 saturated heterocycles. The predicted octanol–water partition coefficient (Wildman–Crippen LogP) is 3.84. The second-order valence-electron chi connectivity index (χ2n) is 4.04. The van der Waals surface area contributed by atoms with Crippen LogP contribution in [0.1, 0.15) is 18.2 Å². The quantitative estimate of drug-likeness (QED) is 0.818. The van der Waals surface area contributed by atoms with Crippen molar-refractivity contribution >= 4 is 17.0 Å². The Morgan fingerprint density at radius 3 is 2.79 bits per heavy atom. The van der Waals surface area contributed by atoms with E-state index in [-0.39, 0.29) is 11.4 Å². The van der Waals surface area contributed by atoms with E-state index in [9.17, 15) is 4.39 Å². The van der Waals surface area contributed by atoms with E-state index in [0.29, 0.717) is 19.0 Å². The van der Waals surface area contributed by atoms with Gasteiger partial charge >= 0.3 is 0 Å². The van der Waals surface area contributed by atoms with Crippen molar-refractivity contribution in [2.75, 3.05) is 12.3 Å². The van der Waals surface area contributed by atoms with E-state index in [2.05, 4.69) is 0 Å². The summed E-state index contributed by atoms with van der Waals surface area (Å²) in [6.07, 6.45) is 0.815. The number of benzene rings is 1. The number of thiophene rings is 1. The zero-order valence-corrected chi connectivity index (χ0v) is 11.5. The van der Waals surface area contributed by atoms with Crippen molar-refractivity contribution in [3.63, 3.8) is 0 Å². The minimum Gasteiger partial charge on any atom is -0.490 e. The minimum absolute atomic E-state index is 0.178. The number of halogens is 1. The Morgan fingerprint density at radius 1 is 1.26 bits per heavy atom. The number of hydrogen-bond acceptors (Lipinski definition) is 4. The highest BCUT2D eigenvalue weighted by Gasteiger charge is 2.10. The van der Waals surface area contributed by atoms with Crippen molar-refractivity contribution in [3.8, 4) is 11.5 Å². The van der Waals surface area contributed by atoms with Gasteiger partial charge in [0.2, 0.25) is 0 Å². The van der Waals surface area contributed by atoms with Crippen LogP contribution in [0.5, 0.6) is 11.5 Å². The fourth-order valence-corrected chi connectivity index (χ4v) is 2.16. The Hall–Kier alpha value is -1.75. The Balaban J connectivity index is 2.10. The Labute approximate surface area is 115 Å². The van der Waals surface area contributed by atoms with Crippen LogP contribution in [0.3, 0.4) is 0 Å². The van der Waals surface area contributed by atoms with E-state index in [4.69, 9.17) is 15.2 Å². The van der Waals surface area contributed by atoms with Crippen LogP contribution in [0.2, 0.25) is 0 Å². The van der Waals surface area contributed by atoms with Crippen molar-refractivity contribution in [2.24, 2.45) is 0 Å². The lowest BCUT2D eigenvalue weighted by molar-refractivity contribution is 0.288. The van der Waals surface area contributed by atoms with E-state index in [1.807, 2.05) is 24.4 Å². The van der Waals surface area contributed by atoms with Crippen LogP contribution in [0, 0.1) is 5.82 Å². The van der Waals surface area contributed by atoms with Crippen LogP contribution in [-0.4, -0.2) is 6.61 Å². The summed E-state index contributed by atoms with van der Waals surface area (Å²) in [4.78, 5) is 1.08. The summed E-state index contributed by atoms with van der Waals surface area (Å²) >= 11 is 1.60. The molecule has 3 nitrogen and oxygen atoms in total. The van der Waals surface area contributed by atoms with Crippen LogP contribution in [-0.2, 0) is 6.61 Å². The minimum atomic E-state index is -0.463. The standard InChI is InChI=1S/C14H16FNO2S/c1-2-5-17-13-8-14(12(16)7-11(13)15)18-9-10-4-3-6-19-10/h3-4,6-8H,2,5,9,16H2,1H3. The van der Waals surface area contributed by atoms with Crippen LogP contribution >= 0.6 is 11.3 Å². The van der Waals surface area contributed by atoms with Gasteiger partial charge in [0.1, 0.15) is 12.4 Å². The molecule has 0 aliphatic rings. The third-order valence-corrected chi connectivity index (χ3v) is 3.33. The maximum absolute atomic E-state index is 13.6. The van der Waals surface area contributed by atoms with Crippen LogP contribution in [0.4, 0.5) is 10.1 Å². The maximum Gasteiger partial charge on any atom is 0.167 e. The van der Waals surface area contributed by atoms with Gasteiger partial charge < -0.3 is 15.2 Å². The molecule has 1 aromatic heterocycles. The molecule has 5 heteroatoms. The van der Waals surface area contributed by atoms with Gasteiger partial charge in [0.25, 0.3) is 0 Å². The molecule has 0 aliphatic carbocycles. The zero-order valence-electron chi connectivity index (χ0n) is 10.7. The number of nitrogen functional groups attached to an aromatic ring is 1. The largest absolute Gasteiger partial charge is 0.490 e. The van der Waals surface area contributed by atoms with Gasteiger partial charge in [0.05, 0.1) is 12.3 Å². The number of rotatable bonds is 6. The highest BCUT2D eigenvalue weighted by molar-refractivity contribution is 7.09. The average Bonchev–Trinajstić information content (AvgIpc) is 2.90. The third-order valence-electron chi connectivity index (χ3n) is 2.48. The van der Waals surface area contributed by atoms with Crippen molar-refractivity contribution in [2.45, 2.75) is 20.0 Å². The van der Waals surface area contributed by atoms with E-state index in [1.165, 1.54) is 12.1 Å². The van der Waals surface area contributed by atoms with Crippen molar-refractivity contribution < 1.29 is 13.9 Å². The molecule has 102 valence electrons. The third kappa shape index (κ3) is 3.61. The smallest absolute Gasteiger partial charge is 0.167 e. The Bertz CT molecular complexity index is 528. The molecule has 0 saturated carbocycles. The first-order chi connectivity index (χ1) is 9.20. The molecule has 2 N–H and O–H groups in total. The summed E-state index contributed by atoms with van der Waals surface area (Å²) in [6.45, 7) is 2.84. The zero-order chi connectivity index (χ0) is 13.7. The maximum atomic E-state index is 13.6. The molecule has 0 unspecified atom stereocenters. The van der Waals surface area contributed by atoms with Crippen molar-refractivity contribution in [1.82, 2.24) is 0 Å². The van der Waals surface area contributed by atoms with Crippen molar-refractivity contribution in [1.29, 1.82) is 0 Å². The fourth-order valence-electron chi connectivity index (χ4n) is 1.54. The second kappa shape index (κ2) is 6.43. The van der Waals surface area contributed by atoms with Gasteiger partial charge in [-0.3, -0.25) is 0 Å². The lowest BCUT2D eigenvalue weighted by Gasteiger charge is -2.12. The summed E-state index contributed by atoms with van der Waals surface area (Å²) in [7, 11) is 0. The summed E-state index contributed by atoms with van der Waals surface area (Å²) in [6, 6.07) is 6.66. The van der Waals surface area contributed by atoms with Gasteiger partial charge in [0.15, 0.2) is 11.6 Å². The molecule has 0 bridgehead atoms. The first-order valence-corrected chi connectivity index (χ1v) is 6.95. The molecule has 0 radical (unpaired) electrons. The van der Waals surface area contributed by atoms with E-state index in [0.717, 1.165) is 11.3 Å². The van der Waals surface area contributed by atoms with Gasteiger partial charge in [-0.2, -0.15) is 0 Å². The molecular weight excluding hydrogens is 265 g/mol. The first-order valence-electron chi connectivity index (χ1n) is 6.07. The normalized spacial score (nSPS) is 10.4. The molecule has 0 fully saturated rings. The van der Waals surface area contributed by atoms with E-state index < -0.39 is 5.82 Å². The summed E-state index contributed by atoms with van der Waals surface area (Å²) in [5, 5.41) is 1.97. The summed E-state index contributed by atoms with van der Waals surface area (Å²) in [5.74, 6) is 0.160. The van der Waals surface area contributed by atoms with Gasteiger partial charge in [-0.1, -0.05) is 13.0 Å². The van der Waals surface area contributed by atoms with Gasteiger partial charge in [-0.15, -0.1) is 11.3 Å². The summed E-state index contributed by atoms with van der Waals surface area (Å²) in [5.41, 5.74) is 6.02. The topological polar surface area (TPSA) is 44.5 Å². The van der Waals surface area contributed by atoms with Gasteiger partial charge in [-0.25, -0.2) is 4.39 Å². The van der Waals surface area contributed by atoms with Gasteiger partial charge in [0, 0.05) is 17.0 Å². The molecule has 1 aromatic carbocycles. The monoisotopic (exact) mass is 281 g/mol. The molecular formula is C14H16FNO2S. The van der Waals surface area contributed by atoms with Crippen LogP contribution < -0.4 is 15.2 Å². The Kier molecular flexibility index (Phi) is 4.63. The molecule has 0 aliphatic heterocycles. The lowest BCUT2D eigenvalue weighted by Crippen LogP contribution is -2.02. The van der Waals surface area contributed by atoms with Crippen LogP contribution in [0.15, 0.2) is 29.6 Å². The van der Waals surface area contributed by atoms with E-state index >= 15 is 0 Å². The highest BCUT2D eigenvalue weighted by atomic mass is 32.1. The second-order valence-corrected chi connectivity index (χ2v) is 5.07. The molecule has 0 atom stereocenters. The highest BCUT2D eigenvalue weighted by Crippen LogP contribution is 2.31. The van der Waals surface area contributed by atoms with E-state index in [1.54, 1.807) is 11.3 Å². The first kappa shape index (κ1) is 13.7. The lowest BCUT2D eigenvalue weighted by atomic mass is 10.2. The predicted molar refractivity (Wildman–Crippen MR) is 75.2 cm³/mol. The number of nitrogens with two attached hydrogens (primary N) is 1. The van der Waals surface area contributed by atoms with Crippen LogP contribution in [0.25, 0.3) is 0 Å². The number of anilines is 1. The Morgan fingerprint density at radius 2 is 2.11 bits per heavy atom.